The summed E-state index contributed by atoms with van der Waals surface area (Å²) in [5, 5.41) is 12.0. The van der Waals surface area contributed by atoms with Gasteiger partial charge in [-0.3, -0.25) is 20.6 Å². The van der Waals surface area contributed by atoms with Crippen molar-refractivity contribution in [2.45, 2.75) is 13.8 Å². The Morgan fingerprint density at radius 2 is 1.23 bits per heavy atom. The summed E-state index contributed by atoms with van der Waals surface area (Å²) in [6, 6.07) is 11.2. The summed E-state index contributed by atoms with van der Waals surface area (Å²) in [5.41, 5.74) is 5.24. The summed E-state index contributed by atoms with van der Waals surface area (Å²) >= 11 is 9.72. The molecule has 4 amide bonds. The van der Waals surface area contributed by atoms with Crippen molar-refractivity contribution in [1.29, 1.82) is 0 Å². The maximum Gasteiger partial charge on any atom is 0.321 e. The minimum absolute atomic E-state index is 0.234. The van der Waals surface area contributed by atoms with Crippen molar-refractivity contribution in [2.24, 2.45) is 0 Å². The number of hydrogen-bond donors (Lipinski definition) is 4. The molecule has 6 rings (SSSR count). The summed E-state index contributed by atoms with van der Waals surface area (Å²) in [6.07, 6.45) is 6.87. The average molecular weight is 815 g/mol. The maximum absolute atomic E-state index is 12.0. The quantitative estimate of drug-likeness (QED) is 0.119. The van der Waals surface area contributed by atoms with Crippen LogP contribution in [-0.4, -0.2) is 59.3 Å². The number of anilines is 2. The zero-order valence-corrected chi connectivity index (χ0v) is 31.0. The molecular formula is C32H30Br2N8O4S2. The first-order chi connectivity index (χ1) is 23.2. The number of nitrogens with one attached hydrogen (secondary N) is 4. The summed E-state index contributed by atoms with van der Waals surface area (Å²) in [5.74, 6) is 1.32. The number of urea groups is 2. The molecule has 4 heterocycles. The number of fused-ring (bicyclic) bond motifs is 2. The molecule has 0 aliphatic carbocycles. The van der Waals surface area contributed by atoms with Crippen LogP contribution in [0, 0.1) is 0 Å². The van der Waals surface area contributed by atoms with E-state index < -0.39 is 0 Å². The van der Waals surface area contributed by atoms with E-state index in [4.69, 9.17) is 9.47 Å². The van der Waals surface area contributed by atoms with Gasteiger partial charge in [-0.1, -0.05) is 38.6 Å². The van der Waals surface area contributed by atoms with Crippen molar-refractivity contribution >= 4 is 97.3 Å². The molecule has 16 heteroatoms. The lowest BCUT2D eigenvalue weighted by molar-refractivity contribution is 0.251. The molecule has 0 atom stereocenters. The Kier molecular flexibility index (Phi) is 11.8. The molecule has 4 aromatic heterocycles. The fraction of sp³-hybridized carbons (Fsp3) is 0.188. The van der Waals surface area contributed by atoms with E-state index in [1.165, 1.54) is 22.7 Å². The van der Waals surface area contributed by atoms with E-state index in [0.29, 0.717) is 34.9 Å². The van der Waals surface area contributed by atoms with Gasteiger partial charge in [0, 0.05) is 51.1 Å². The number of rotatable bonds is 8. The van der Waals surface area contributed by atoms with E-state index >= 15 is 0 Å². The molecule has 4 N–H and O–H groups in total. The molecular weight excluding hydrogens is 784 g/mol. The van der Waals surface area contributed by atoms with Gasteiger partial charge >= 0.3 is 12.1 Å². The lowest BCUT2D eigenvalue weighted by Gasteiger charge is -2.09. The zero-order chi connectivity index (χ0) is 34.2. The topological polar surface area (TPSA) is 152 Å². The number of nitrogens with zero attached hydrogens (tertiary/aromatic N) is 4. The molecule has 12 nitrogen and oxygen atoms in total. The Balaban J connectivity index is 0.000000224. The molecule has 48 heavy (non-hydrogen) atoms. The van der Waals surface area contributed by atoms with Crippen molar-refractivity contribution in [2.75, 3.05) is 37.9 Å². The molecule has 0 saturated carbocycles. The van der Waals surface area contributed by atoms with Gasteiger partial charge in [0.2, 0.25) is 0 Å². The number of aromatic nitrogens is 4. The average Bonchev–Trinajstić information content (AvgIpc) is 3.68. The lowest BCUT2D eigenvalue weighted by atomic mass is 10.00. The highest BCUT2D eigenvalue weighted by Gasteiger charge is 2.16. The van der Waals surface area contributed by atoms with E-state index in [0.717, 1.165) is 51.6 Å². The Hall–Kier alpha value is -4.38. The van der Waals surface area contributed by atoms with Gasteiger partial charge in [-0.05, 0) is 71.7 Å². The third-order valence-corrected chi connectivity index (χ3v) is 9.94. The molecule has 0 aliphatic heterocycles. The minimum atomic E-state index is -0.289. The molecule has 0 bridgehead atoms. The Labute approximate surface area is 301 Å². The van der Waals surface area contributed by atoms with Gasteiger partial charge in [0.1, 0.15) is 11.5 Å². The number of ether oxygens (including phenoxy) is 2. The summed E-state index contributed by atoms with van der Waals surface area (Å²) < 4.78 is 14.5. The van der Waals surface area contributed by atoms with Gasteiger partial charge in [-0.2, -0.15) is 0 Å². The predicted molar refractivity (Wildman–Crippen MR) is 200 cm³/mol. The van der Waals surface area contributed by atoms with E-state index in [1.54, 1.807) is 39.0 Å². The van der Waals surface area contributed by atoms with Gasteiger partial charge in [0.15, 0.2) is 10.3 Å². The number of carbonyl (C=O) groups is 2. The lowest BCUT2D eigenvalue weighted by Crippen LogP contribution is -2.28. The van der Waals surface area contributed by atoms with E-state index in [-0.39, 0.29) is 12.1 Å². The molecule has 0 fully saturated rings. The second-order valence-corrected chi connectivity index (χ2v) is 13.6. The van der Waals surface area contributed by atoms with Crippen LogP contribution in [-0.2, 0) is 0 Å². The second kappa shape index (κ2) is 16.1. The van der Waals surface area contributed by atoms with Crippen LogP contribution in [0.1, 0.15) is 13.8 Å². The number of hydrogen-bond acceptors (Lipinski definition) is 10. The van der Waals surface area contributed by atoms with E-state index in [2.05, 4.69) is 79.1 Å². The smallest absolute Gasteiger partial charge is 0.321 e. The van der Waals surface area contributed by atoms with Crippen LogP contribution >= 0.6 is 54.5 Å². The Bertz CT molecular complexity index is 2090. The molecule has 0 radical (unpaired) electrons. The van der Waals surface area contributed by atoms with Crippen LogP contribution < -0.4 is 30.7 Å². The SMILES string of the molecule is CCNC(=O)Nc1nc2cc(-c3cncc(OC)c3)cc(-c3cncc(OC)c3)c2s1.CCNC(=O)Nc1nc2cc(Br)cc(Br)c2s1. The minimum Gasteiger partial charge on any atom is -0.495 e. The van der Waals surface area contributed by atoms with Gasteiger partial charge < -0.3 is 20.1 Å². The highest BCUT2D eigenvalue weighted by Crippen LogP contribution is 2.40. The third kappa shape index (κ3) is 8.55. The van der Waals surface area contributed by atoms with E-state index in [9.17, 15) is 9.59 Å². The first kappa shape index (κ1) is 34.9. The van der Waals surface area contributed by atoms with Crippen LogP contribution in [0.4, 0.5) is 19.9 Å². The van der Waals surface area contributed by atoms with Crippen LogP contribution in [0.3, 0.4) is 0 Å². The first-order valence-electron chi connectivity index (χ1n) is 14.5. The molecule has 2 aromatic carbocycles. The van der Waals surface area contributed by atoms with Gasteiger partial charge in [-0.15, -0.1) is 0 Å². The number of pyridine rings is 2. The zero-order valence-electron chi connectivity index (χ0n) is 26.2. The van der Waals surface area contributed by atoms with Crippen molar-refractivity contribution < 1.29 is 19.1 Å². The van der Waals surface area contributed by atoms with E-state index in [1.807, 2.05) is 44.2 Å². The first-order valence-corrected chi connectivity index (χ1v) is 17.7. The van der Waals surface area contributed by atoms with Crippen molar-refractivity contribution in [3.63, 3.8) is 0 Å². The van der Waals surface area contributed by atoms with Crippen molar-refractivity contribution in [1.82, 2.24) is 30.6 Å². The van der Waals surface area contributed by atoms with Crippen LogP contribution in [0.25, 0.3) is 42.7 Å². The van der Waals surface area contributed by atoms with Gasteiger partial charge in [0.25, 0.3) is 0 Å². The maximum atomic E-state index is 12.0. The standard InChI is InChI=1S/C22H21N5O3S.C10H9Br2N3OS/c1-4-25-21(28)27-22-26-19-8-13(14-5-16(29-2)11-23-9-14)7-18(20(19)31-22)15-6-17(30-3)12-24-10-15;1-2-13-9(16)15-10-14-7-4-5(11)3-6(12)8(7)17-10/h5-12H,4H2,1-3H3,(H2,25,26,27,28);3-4H,2H2,1H3,(H2,13,14,15,16). The third-order valence-electron chi connectivity index (χ3n) is 6.56. The molecule has 248 valence electrons. The number of carbonyl (C=O) groups excluding carboxylic acids is 2. The molecule has 0 unspecified atom stereocenters. The number of halogens is 2. The predicted octanol–water partition coefficient (Wildman–Crippen LogP) is 8.54. The van der Waals surface area contributed by atoms with Crippen LogP contribution in [0.15, 0.2) is 70.1 Å². The Morgan fingerprint density at radius 3 is 1.81 bits per heavy atom. The van der Waals surface area contributed by atoms with Crippen molar-refractivity contribution in [3.05, 3.63) is 70.1 Å². The van der Waals surface area contributed by atoms with Crippen LogP contribution in [0.5, 0.6) is 11.5 Å². The van der Waals surface area contributed by atoms with Crippen molar-refractivity contribution in [3.8, 4) is 33.8 Å². The normalized spacial score (nSPS) is 10.6. The highest BCUT2D eigenvalue weighted by atomic mass is 79.9. The summed E-state index contributed by atoms with van der Waals surface area (Å²) in [4.78, 5) is 40.9. The molecule has 0 spiro atoms. The summed E-state index contributed by atoms with van der Waals surface area (Å²) in [6.45, 7) is 4.85. The number of thiazole rings is 2. The summed E-state index contributed by atoms with van der Waals surface area (Å²) in [7, 11) is 3.22. The largest absolute Gasteiger partial charge is 0.495 e. The highest BCUT2D eigenvalue weighted by molar-refractivity contribution is 9.11. The number of benzene rings is 2. The fourth-order valence-corrected chi connectivity index (χ4v) is 7.72. The second-order valence-electron chi connectivity index (χ2n) is 9.84. The monoisotopic (exact) mass is 812 g/mol. The van der Waals surface area contributed by atoms with Gasteiger partial charge in [-0.25, -0.2) is 19.6 Å². The number of methoxy groups -OCH3 is 2. The molecule has 0 aliphatic rings. The van der Waals surface area contributed by atoms with Gasteiger partial charge in [0.05, 0.1) is 47.0 Å². The number of amides is 4. The molecule has 0 saturated heterocycles. The fourth-order valence-electron chi connectivity index (χ4n) is 4.45. The Morgan fingerprint density at radius 1 is 0.688 bits per heavy atom. The van der Waals surface area contributed by atoms with Crippen LogP contribution in [0.2, 0.25) is 0 Å². The molecule has 6 aromatic rings.